The maximum atomic E-state index is 15.4. The van der Waals surface area contributed by atoms with E-state index in [4.69, 9.17) is 17.2 Å². The van der Waals surface area contributed by atoms with Crippen molar-refractivity contribution in [3.05, 3.63) is 39.4 Å². The van der Waals surface area contributed by atoms with Crippen molar-refractivity contribution in [2.45, 2.75) is 64.0 Å². The fourth-order valence-corrected chi connectivity index (χ4v) is 5.06. The number of carbonyl (C=O) groups excluding carboxylic acids is 2. The molecule has 0 aliphatic carbocycles. The summed E-state index contributed by atoms with van der Waals surface area (Å²) in [6.07, 6.45) is 6.43. The maximum Gasteiger partial charge on any atom is 0.391 e. The molecule has 0 amide bonds. The standard InChI is InChI=1S/C25H33FN6O5/c1-14-7-8-15-20-16(12-18(26)21(15)31-10-3-2-4-11-31)22(33)17(13-32(14)20)23(34)36-37-24(35)19(27)6-5-9-30-25(28)29/h12-14,19H,2-11,27H2,1H3,(H4,28,29,30)/t14-,19-/m0/s1. The molecular formula is C25H33FN6O5. The van der Waals surface area contributed by atoms with E-state index in [9.17, 15) is 14.4 Å². The van der Waals surface area contributed by atoms with Gasteiger partial charge in [0.25, 0.3) is 0 Å². The normalized spacial score (nSPS) is 17.8. The van der Waals surface area contributed by atoms with Crippen LogP contribution in [0.15, 0.2) is 22.1 Å². The number of aliphatic imine (C=N–C) groups is 1. The summed E-state index contributed by atoms with van der Waals surface area (Å²) in [6, 6.07) is 0.0864. The number of benzene rings is 1. The monoisotopic (exact) mass is 516 g/mol. The van der Waals surface area contributed by atoms with Crippen molar-refractivity contribution < 1.29 is 23.8 Å². The van der Waals surface area contributed by atoms with E-state index in [2.05, 4.69) is 19.7 Å². The third-order valence-electron chi connectivity index (χ3n) is 6.99. The molecule has 0 unspecified atom stereocenters. The van der Waals surface area contributed by atoms with E-state index in [0.29, 0.717) is 30.5 Å². The second kappa shape index (κ2) is 11.2. The molecule has 4 rings (SSSR count). The first-order chi connectivity index (χ1) is 17.7. The molecule has 200 valence electrons. The van der Waals surface area contributed by atoms with Gasteiger partial charge in [-0.05, 0) is 57.9 Å². The Kier molecular flexibility index (Phi) is 7.96. The molecule has 2 aromatic rings. The summed E-state index contributed by atoms with van der Waals surface area (Å²) in [5.74, 6) is -2.69. The molecule has 6 N–H and O–H groups in total. The molecule has 0 saturated carbocycles. The molecule has 11 nitrogen and oxygen atoms in total. The smallest absolute Gasteiger partial charge is 0.370 e. The van der Waals surface area contributed by atoms with E-state index in [1.807, 2.05) is 11.5 Å². The summed E-state index contributed by atoms with van der Waals surface area (Å²) in [6.45, 7) is 3.77. The van der Waals surface area contributed by atoms with E-state index in [1.54, 1.807) is 0 Å². The molecule has 0 radical (unpaired) electrons. The average Bonchev–Trinajstić information content (AvgIpc) is 2.88. The van der Waals surface area contributed by atoms with Gasteiger partial charge in [0.2, 0.25) is 5.43 Å². The summed E-state index contributed by atoms with van der Waals surface area (Å²) in [5.41, 5.74) is 17.1. The fraction of sp³-hybridized carbons (Fsp3) is 0.520. The molecule has 2 aliphatic rings. The zero-order chi connectivity index (χ0) is 26.7. The zero-order valence-corrected chi connectivity index (χ0v) is 20.9. The Morgan fingerprint density at radius 2 is 1.95 bits per heavy atom. The van der Waals surface area contributed by atoms with Gasteiger partial charge in [0, 0.05) is 42.8 Å². The minimum absolute atomic E-state index is 0.0389. The van der Waals surface area contributed by atoms with Crippen LogP contribution < -0.4 is 27.5 Å². The maximum absolute atomic E-state index is 15.4. The fourth-order valence-electron chi connectivity index (χ4n) is 5.06. The zero-order valence-electron chi connectivity index (χ0n) is 20.9. The lowest BCUT2D eigenvalue weighted by Crippen LogP contribution is -2.34. The number of nitrogens with zero attached hydrogens (tertiary/aromatic N) is 3. The number of hydrogen-bond acceptors (Lipinski definition) is 8. The van der Waals surface area contributed by atoms with E-state index >= 15 is 4.39 Å². The van der Waals surface area contributed by atoms with Crippen LogP contribution in [0.3, 0.4) is 0 Å². The molecule has 1 aromatic heterocycles. The molecule has 1 fully saturated rings. The number of aromatic nitrogens is 1. The number of guanidine groups is 1. The van der Waals surface area contributed by atoms with E-state index in [1.165, 1.54) is 12.3 Å². The Labute approximate surface area is 213 Å². The molecule has 1 saturated heterocycles. The van der Waals surface area contributed by atoms with Crippen LogP contribution >= 0.6 is 0 Å². The highest BCUT2D eigenvalue weighted by Crippen LogP contribution is 2.38. The molecule has 0 spiro atoms. The van der Waals surface area contributed by atoms with Gasteiger partial charge in [-0.25, -0.2) is 23.8 Å². The number of nitrogens with two attached hydrogens (primary N) is 3. The Morgan fingerprint density at radius 1 is 1.22 bits per heavy atom. The molecule has 2 atom stereocenters. The van der Waals surface area contributed by atoms with Crippen LogP contribution in [0, 0.1) is 5.82 Å². The van der Waals surface area contributed by atoms with Crippen LogP contribution in [0.4, 0.5) is 10.1 Å². The van der Waals surface area contributed by atoms with Gasteiger partial charge in [-0.2, -0.15) is 0 Å². The Morgan fingerprint density at radius 3 is 2.65 bits per heavy atom. The number of piperidine rings is 1. The van der Waals surface area contributed by atoms with Crippen molar-refractivity contribution in [3.63, 3.8) is 0 Å². The van der Waals surface area contributed by atoms with Gasteiger partial charge in [0.1, 0.15) is 17.4 Å². The Hall–Kier alpha value is -3.67. The summed E-state index contributed by atoms with van der Waals surface area (Å²) in [4.78, 5) is 53.3. The highest BCUT2D eigenvalue weighted by molar-refractivity contribution is 5.96. The van der Waals surface area contributed by atoms with E-state index < -0.39 is 29.2 Å². The number of carbonyl (C=O) groups is 2. The third-order valence-corrected chi connectivity index (χ3v) is 6.99. The first-order valence-electron chi connectivity index (χ1n) is 12.6. The van der Waals surface area contributed by atoms with E-state index in [-0.39, 0.29) is 35.9 Å². The van der Waals surface area contributed by atoms with Crippen molar-refractivity contribution in [1.29, 1.82) is 0 Å². The topological polar surface area (TPSA) is 168 Å². The van der Waals surface area contributed by atoms with Gasteiger partial charge in [0.05, 0.1) is 11.2 Å². The van der Waals surface area contributed by atoms with Gasteiger partial charge in [-0.1, -0.05) is 0 Å². The molecule has 3 heterocycles. The molecule has 37 heavy (non-hydrogen) atoms. The van der Waals surface area contributed by atoms with Gasteiger partial charge in [0.15, 0.2) is 5.96 Å². The molecule has 1 aromatic carbocycles. The van der Waals surface area contributed by atoms with Crippen molar-refractivity contribution in [2.24, 2.45) is 22.2 Å². The van der Waals surface area contributed by atoms with Crippen LogP contribution in [-0.4, -0.2) is 48.1 Å². The van der Waals surface area contributed by atoms with Crippen LogP contribution in [0.2, 0.25) is 0 Å². The lowest BCUT2D eigenvalue weighted by atomic mass is 9.93. The number of hydrogen-bond donors (Lipinski definition) is 3. The predicted octanol–water partition coefficient (Wildman–Crippen LogP) is 1.63. The molecular weight excluding hydrogens is 483 g/mol. The van der Waals surface area contributed by atoms with Gasteiger partial charge < -0.3 is 26.7 Å². The van der Waals surface area contributed by atoms with Crippen LogP contribution in [-0.2, 0) is 21.0 Å². The lowest BCUT2D eigenvalue weighted by molar-refractivity contribution is -0.235. The average molecular weight is 517 g/mol. The number of pyridine rings is 1. The SMILES string of the molecule is C[C@H]1CCc2c(N3CCCCC3)c(F)cc3c(=O)c(C(=O)OOC(=O)[C@@H](N)CCCN=C(N)N)cn1c23. The summed E-state index contributed by atoms with van der Waals surface area (Å²) >= 11 is 0. The predicted molar refractivity (Wildman–Crippen MR) is 137 cm³/mol. The first kappa shape index (κ1) is 26.4. The summed E-state index contributed by atoms with van der Waals surface area (Å²) in [7, 11) is 0. The van der Waals surface area contributed by atoms with E-state index in [0.717, 1.165) is 37.9 Å². The Bertz CT molecular complexity index is 1280. The highest BCUT2D eigenvalue weighted by atomic mass is 19.1. The second-order valence-electron chi connectivity index (χ2n) is 9.62. The molecule has 2 aliphatic heterocycles. The van der Waals surface area contributed by atoms with Crippen molar-refractivity contribution >= 4 is 34.5 Å². The van der Waals surface area contributed by atoms with Crippen LogP contribution in [0.1, 0.15) is 67.4 Å². The quantitative estimate of drug-likeness (QED) is 0.163. The summed E-state index contributed by atoms with van der Waals surface area (Å²) < 4.78 is 17.2. The van der Waals surface area contributed by atoms with Crippen LogP contribution in [0.25, 0.3) is 10.9 Å². The number of aryl methyl sites for hydroxylation is 1. The first-order valence-corrected chi connectivity index (χ1v) is 12.6. The van der Waals surface area contributed by atoms with Crippen molar-refractivity contribution in [1.82, 2.24) is 4.57 Å². The third kappa shape index (κ3) is 5.53. The summed E-state index contributed by atoms with van der Waals surface area (Å²) in [5, 5.41) is 0.0945. The van der Waals surface area contributed by atoms with Crippen molar-refractivity contribution in [2.75, 3.05) is 24.5 Å². The van der Waals surface area contributed by atoms with Gasteiger partial charge in [-0.3, -0.25) is 9.79 Å². The molecule has 12 heteroatoms. The second-order valence-corrected chi connectivity index (χ2v) is 9.62. The highest BCUT2D eigenvalue weighted by Gasteiger charge is 2.30. The van der Waals surface area contributed by atoms with Gasteiger partial charge >= 0.3 is 11.9 Å². The Balaban J connectivity index is 1.58. The minimum Gasteiger partial charge on any atom is -0.370 e. The molecule has 0 bridgehead atoms. The lowest BCUT2D eigenvalue weighted by Gasteiger charge is -2.34. The number of halogens is 1. The number of anilines is 1. The largest absolute Gasteiger partial charge is 0.391 e. The minimum atomic E-state index is -1.16. The van der Waals surface area contributed by atoms with Crippen molar-refractivity contribution in [3.8, 4) is 0 Å². The number of rotatable bonds is 7. The van der Waals surface area contributed by atoms with Gasteiger partial charge in [-0.15, -0.1) is 0 Å². The van der Waals surface area contributed by atoms with Crippen LogP contribution in [0.5, 0.6) is 0 Å².